The molecular weight excluding hydrogens is 508 g/mol. The van der Waals surface area contributed by atoms with E-state index in [1.807, 2.05) is 12.1 Å². The highest BCUT2D eigenvalue weighted by molar-refractivity contribution is 6.28. The van der Waals surface area contributed by atoms with E-state index in [1.54, 1.807) is 62.8 Å². The maximum absolute atomic E-state index is 14.0. The Kier molecular flexibility index (Phi) is 5.42. The van der Waals surface area contributed by atoms with Crippen molar-refractivity contribution in [3.8, 4) is 11.5 Å². The minimum atomic E-state index is -0.647. The molecule has 0 N–H and O–H groups in total. The molecule has 200 valence electrons. The summed E-state index contributed by atoms with van der Waals surface area (Å²) in [6, 6.07) is 16.2. The number of imide groups is 2. The molecule has 0 saturated heterocycles. The van der Waals surface area contributed by atoms with Gasteiger partial charge in [-0.3, -0.25) is 29.0 Å². The summed E-state index contributed by atoms with van der Waals surface area (Å²) in [4.78, 5) is 58.5. The molecule has 0 bridgehead atoms. The Labute approximate surface area is 230 Å². The molecule has 2 heterocycles. The summed E-state index contributed by atoms with van der Waals surface area (Å²) >= 11 is 0. The van der Waals surface area contributed by atoms with Gasteiger partial charge in [0.05, 0.1) is 26.3 Å². The smallest absolute Gasteiger partial charge is 0.261 e. The van der Waals surface area contributed by atoms with Crippen molar-refractivity contribution in [3.05, 3.63) is 82.9 Å². The lowest BCUT2D eigenvalue weighted by Gasteiger charge is -2.45. The maximum atomic E-state index is 14.0. The molecule has 1 aliphatic carbocycles. The minimum absolute atomic E-state index is 0.411. The van der Waals surface area contributed by atoms with Crippen molar-refractivity contribution in [2.45, 2.75) is 37.8 Å². The molecule has 2 aliphatic heterocycles. The van der Waals surface area contributed by atoms with Crippen LogP contribution in [0.3, 0.4) is 0 Å². The SMILES string of the molecule is COc1ccc2c3c(cccc13)C(=O)N([C@@H]1CCCC[C@H]1N1C(=O)c3cccc4c(OC)ccc(c34)C1=O)C2=O. The summed E-state index contributed by atoms with van der Waals surface area (Å²) < 4.78 is 11.0. The first-order chi connectivity index (χ1) is 19.5. The summed E-state index contributed by atoms with van der Waals surface area (Å²) in [5.74, 6) is -0.511. The normalized spacial score (nSPS) is 20.4. The van der Waals surface area contributed by atoms with Gasteiger partial charge in [-0.1, -0.05) is 37.1 Å². The van der Waals surface area contributed by atoms with Crippen LogP contribution in [0.2, 0.25) is 0 Å². The van der Waals surface area contributed by atoms with Gasteiger partial charge in [-0.2, -0.15) is 0 Å². The van der Waals surface area contributed by atoms with Crippen LogP contribution in [0.15, 0.2) is 60.7 Å². The summed E-state index contributed by atoms with van der Waals surface area (Å²) in [7, 11) is 3.10. The fourth-order valence-corrected chi connectivity index (χ4v) is 6.83. The van der Waals surface area contributed by atoms with Crippen LogP contribution in [0, 0.1) is 0 Å². The first-order valence-electron chi connectivity index (χ1n) is 13.4. The molecule has 4 amide bonds. The lowest BCUT2D eigenvalue weighted by Crippen LogP contribution is -2.60. The minimum Gasteiger partial charge on any atom is -0.496 e. The molecule has 1 saturated carbocycles. The van der Waals surface area contributed by atoms with Crippen molar-refractivity contribution in [1.82, 2.24) is 9.80 Å². The van der Waals surface area contributed by atoms with E-state index in [0.717, 1.165) is 12.8 Å². The summed E-state index contributed by atoms with van der Waals surface area (Å²) in [6.07, 6.45) is 2.55. The molecule has 0 aromatic heterocycles. The largest absolute Gasteiger partial charge is 0.496 e. The van der Waals surface area contributed by atoms with Gasteiger partial charge in [0.2, 0.25) is 0 Å². The fraction of sp³-hybridized carbons (Fsp3) is 0.250. The van der Waals surface area contributed by atoms with E-state index >= 15 is 0 Å². The van der Waals surface area contributed by atoms with E-state index in [4.69, 9.17) is 9.47 Å². The van der Waals surface area contributed by atoms with Crippen LogP contribution in [-0.4, -0.2) is 59.7 Å². The van der Waals surface area contributed by atoms with Gasteiger partial charge in [0.1, 0.15) is 11.5 Å². The molecule has 8 heteroatoms. The van der Waals surface area contributed by atoms with Gasteiger partial charge in [-0.05, 0) is 49.2 Å². The van der Waals surface area contributed by atoms with Crippen LogP contribution >= 0.6 is 0 Å². The Hall–Kier alpha value is -4.72. The van der Waals surface area contributed by atoms with Crippen molar-refractivity contribution < 1.29 is 28.7 Å². The number of nitrogens with zero attached hydrogens (tertiary/aromatic N) is 2. The third-order valence-corrected chi connectivity index (χ3v) is 8.60. The fourth-order valence-electron chi connectivity index (χ4n) is 6.83. The number of ether oxygens (including phenoxy) is 2. The standard InChI is InChI=1S/C32H26N2O6/c1-39-25-15-13-21-27-17(25)7-5-9-19(27)29(35)33(31(21)37)23-11-3-4-12-24(23)34-30(36)20-10-6-8-18-26(40-2)16-14-22(28(18)20)32(34)38/h5-10,13-16,23-24H,3-4,11-12H2,1-2H3/t23-,24-/m1/s1. The van der Waals surface area contributed by atoms with E-state index in [0.29, 0.717) is 68.1 Å². The molecule has 0 unspecified atom stereocenters. The van der Waals surface area contributed by atoms with Crippen LogP contribution in [-0.2, 0) is 0 Å². The molecule has 4 aromatic rings. The molecule has 4 aromatic carbocycles. The third kappa shape index (κ3) is 3.19. The maximum Gasteiger partial charge on any atom is 0.261 e. The first kappa shape index (κ1) is 24.3. The second-order valence-corrected chi connectivity index (χ2v) is 10.5. The molecule has 40 heavy (non-hydrogen) atoms. The summed E-state index contributed by atoms with van der Waals surface area (Å²) in [5.41, 5.74) is 1.64. The first-order valence-corrected chi connectivity index (χ1v) is 13.4. The van der Waals surface area contributed by atoms with E-state index in [1.165, 1.54) is 9.80 Å². The van der Waals surface area contributed by atoms with Gasteiger partial charge >= 0.3 is 0 Å². The lowest BCUT2D eigenvalue weighted by molar-refractivity contribution is 0.0241. The summed E-state index contributed by atoms with van der Waals surface area (Å²) in [5, 5.41) is 2.53. The molecule has 2 atom stereocenters. The quantitative estimate of drug-likeness (QED) is 0.334. The molecule has 8 nitrogen and oxygen atoms in total. The predicted octanol–water partition coefficient (Wildman–Crippen LogP) is 5.21. The van der Waals surface area contributed by atoms with E-state index in [2.05, 4.69) is 0 Å². The van der Waals surface area contributed by atoms with Crippen molar-refractivity contribution in [2.24, 2.45) is 0 Å². The average molecular weight is 535 g/mol. The zero-order valence-electron chi connectivity index (χ0n) is 22.1. The van der Waals surface area contributed by atoms with Gasteiger partial charge in [0.25, 0.3) is 23.6 Å². The highest BCUT2D eigenvalue weighted by Gasteiger charge is 2.47. The van der Waals surface area contributed by atoms with Gasteiger partial charge in [0, 0.05) is 43.8 Å². The van der Waals surface area contributed by atoms with Crippen molar-refractivity contribution in [3.63, 3.8) is 0 Å². The predicted molar refractivity (Wildman–Crippen MR) is 148 cm³/mol. The number of amides is 4. The number of methoxy groups -OCH3 is 2. The third-order valence-electron chi connectivity index (χ3n) is 8.60. The van der Waals surface area contributed by atoms with Crippen LogP contribution in [0.4, 0.5) is 0 Å². The monoisotopic (exact) mass is 534 g/mol. The second-order valence-electron chi connectivity index (χ2n) is 10.5. The van der Waals surface area contributed by atoms with Crippen molar-refractivity contribution in [1.29, 1.82) is 0 Å². The van der Waals surface area contributed by atoms with E-state index < -0.39 is 35.7 Å². The zero-order chi connectivity index (χ0) is 27.7. The highest BCUT2D eigenvalue weighted by Crippen LogP contribution is 2.41. The van der Waals surface area contributed by atoms with E-state index in [-0.39, 0.29) is 0 Å². The Morgan fingerprint density at radius 1 is 0.550 bits per heavy atom. The van der Waals surface area contributed by atoms with Gasteiger partial charge < -0.3 is 9.47 Å². The van der Waals surface area contributed by atoms with Gasteiger partial charge in [0.15, 0.2) is 0 Å². The average Bonchev–Trinajstić information content (AvgIpc) is 2.99. The Balaban J connectivity index is 1.33. The van der Waals surface area contributed by atoms with Crippen molar-refractivity contribution >= 4 is 45.2 Å². The molecule has 3 aliphatic rings. The molecule has 7 rings (SSSR count). The van der Waals surface area contributed by atoms with Crippen LogP contribution in [0.25, 0.3) is 21.5 Å². The van der Waals surface area contributed by atoms with Crippen molar-refractivity contribution in [2.75, 3.05) is 14.2 Å². The number of rotatable bonds is 4. The zero-order valence-corrected chi connectivity index (χ0v) is 22.1. The Morgan fingerprint density at radius 2 is 0.925 bits per heavy atom. The molecular formula is C32H26N2O6. The number of hydrogen-bond donors (Lipinski definition) is 0. The Bertz CT molecular complexity index is 1620. The van der Waals surface area contributed by atoms with Crippen LogP contribution in [0.1, 0.15) is 67.1 Å². The van der Waals surface area contributed by atoms with E-state index in [9.17, 15) is 19.2 Å². The number of benzene rings is 4. The van der Waals surface area contributed by atoms with Crippen LogP contribution in [0.5, 0.6) is 11.5 Å². The van der Waals surface area contributed by atoms with Crippen LogP contribution < -0.4 is 9.47 Å². The number of carbonyl (C=O) groups is 4. The molecule has 1 fully saturated rings. The molecule has 0 spiro atoms. The number of carbonyl (C=O) groups excluding carboxylic acids is 4. The second kappa shape index (κ2) is 8.91. The topological polar surface area (TPSA) is 93.2 Å². The Morgan fingerprint density at radius 3 is 1.30 bits per heavy atom. The lowest BCUT2D eigenvalue weighted by atomic mass is 9.83. The number of hydrogen-bond acceptors (Lipinski definition) is 6. The molecule has 0 radical (unpaired) electrons. The highest BCUT2D eigenvalue weighted by atomic mass is 16.5. The summed E-state index contributed by atoms with van der Waals surface area (Å²) in [6.45, 7) is 0. The van der Waals surface area contributed by atoms with Gasteiger partial charge in [-0.25, -0.2) is 0 Å². The van der Waals surface area contributed by atoms with Gasteiger partial charge in [-0.15, -0.1) is 0 Å².